The molecule has 1 aliphatic heterocycles. The lowest BCUT2D eigenvalue weighted by atomic mass is 10.2. The number of hydrogen-bond donors (Lipinski definition) is 1. The molecule has 0 saturated carbocycles. The zero-order valence-electron chi connectivity index (χ0n) is 11.2. The van der Waals surface area contributed by atoms with Gasteiger partial charge in [0.05, 0.1) is 4.92 Å². The second-order valence-electron chi connectivity index (χ2n) is 4.65. The number of ether oxygens (including phenoxy) is 1. The number of nitrogens with one attached hydrogen (secondary N) is 1. The van der Waals surface area contributed by atoms with Gasteiger partial charge in [0.15, 0.2) is 12.4 Å². The number of hydrogen-bond acceptors (Lipinski definition) is 5. The van der Waals surface area contributed by atoms with E-state index < -0.39 is 4.92 Å². The van der Waals surface area contributed by atoms with Crippen LogP contribution in [-0.4, -0.2) is 48.0 Å². The highest BCUT2D eigenvalue weighted by molar-refractivity contribution is 5.78. The molecule has 2 rings (SSSR count). The molecule has 0 unspecified atom stereocenters. The third-order valence-electron chi connectivity index (χ3n) is 3.23. The molecule has 0 radical (unpaired) electrons. The first-order chi connectivity index (χ1) is 9.59. The minimum absolute atomic E-state index is 0.102. The molecule has 1 atom stereocenters. The van der Waals surface area contributed by atoms with Gasteiger partial charge in [0.1, 0.15) is 0 Å². The Morgan fingerprint density at radius 3 is 3.00 bits per heavy atom. The SMILES string of the molecule is C[C@@H]1CNCCN1C(=O)COc1ccccc1[N+](=O)[O-]. The van der Waals surface area contributed by atoms with Crippen molar-refractivity contribution >= 4 is 11.6 Å². The highest BCUT2D eigenvalue weighted by Gasteiger charge is 2.24. The summed E-state index contributed by atoms with van der Waals surface area (Å²) in [6.07, 6.45) is 0. The van der Waals surface area contributed by atoms with E-state index in [0.29, 0.717) is 6.54 Å². The van der Waals surface area contributed by atoms with Gasteiger partial charge in [0, 0.05) is 31.7 Å². The van der Waals surface area contributed by atoms with Gasteiger partial charge in [0.2, 0.25) is 0 Å². The second kappa shape index (κ2) is 6.33. The van der Waals surface area contributed by atoms with Crippen LogP contribution < -0.4 is 10.1 Å². The Morgan fingerprint density at radius 2 is 2.30 bits per heavy atom. The van der Waals surface area contributed by atoms with E-state index in [0.717, 1.165) is 13.1 Å². The fourth-order valence-electron chi connectivity index (χ4n) is 2.16. The van der Waals surface area contributed by atoms with Crippen molar-refractivity contribution in [2.45, 2.75) is 13.0 Å². The molecule has 0 aromatic heterocycles. The summed E-state index contributed by atoms with van der Waals surface area (Å²) >= 11 is 0. The van der Waals surface area contributed by atoms with E-state index in [2.05, 4.69) is 5.32 Å². The van der Waals surface area contributed by atoms with Gasteiger partial charge < -0.3 is 15.0 Å². The van der Waals surface area contributed by atoms with Crippen LogP contribution in [0.5, 0.6) is 5.75 Å². The average molecular weight is 279 g/mol. The summed E-state index contributed by atoms with van der Waals surface area (Å²) in [7, 11) is 0. The Morgan fingerprint density at radius 1 is 1.55 bits per heavy atom. The maximum Gasteiger partial charge on any atom is 0.310 e. The van der Waals surface area contributed by atoms with Crippen LogP contribution in [0.2, 0.25) is 0 Å². The molecule has 20 heavy (non-hydrogen) atoms. The number of carbonyl (C=O) groups excluding carboxylic acids is 1. The number of nitro groups is 1. The van der Waals surface area contributed by atoms with Crippen molar-refractivity contribution in [3.8, 4) is 5.75 Å². The van der Waals surface area contributed by atoms with Gasteiger partial charge in [-0.25, -0.2) is 0 Å². The Hall–Kier alpha value is -2.15. The average Bonchev–Trinajstić information content (AvgIpc) is 2.45. The van der Waals surface area contributed by atoms with Crippen LogP contribution in [0.25, 0.3) is 0 Å². The summed E-state index contributed by atoms with van der Waals surface area (Å²) in [6, 6.07) is 6.15. The van der Waals surface area contributed by atoms with Crippen LogP contribution in [-0.2, 0) is 4.79 Å². The van der Waals surface area contributed by atoms with Crippen molar-refractivity contribution in [3.63, 3.8) is 0 Å². The first-order valence-electron chi connectivity index (χ1n) is 6.46. The summed E-state index contributed by atoms with van der Waals surface area (Å²) in [4.78, 5) is 24.1. The maximum absolute atomic E-state index is 12.1. The molecule has 7 heteroatoms. The van der Waals surface area contributed by atoms with Crippen LogP contribution in [0.3, 0.4) is 0 Å². The zero-order valence-corrected chi connectivity index (χ0v) is 11.2. The minimum Gasteiger partial charge on any atom is -0.477 e. The van der Waals surface area contributed by atoms with Gasteiger partial charge in [-0.3, -0.25) is 14.9 Å². The predicted molar refractivity (Wildman–Crippen MR) is 72.6 cm³/mol. The summed E-state index contributed by atoms with van der Waals surface area (Å²) < 4.78 is 5.31. The number of nitrogens with zero attached hydrogens (tertiary/aromatic N) is 2. The van der Waals surface area contributed by atoms with Crippen LogP contribution in [0.4, 0.5) is 5.69 Å². The molecule has 1 fully saturated rings. The lowest BCUT2D eigenvalue weighted by Gasteiger charge is -2.33. The topological polar surface area (TPSA) is 84.7 Å². The lowest BCUT2D eigenvalue weighted by Crippen LogP contribution is -2.53. The highest BCUT2D eigenvalue weighted by Crippen LogP contribution is 2.25. The predicted octanol–water partition coefficient (Wildman–Crippen LogP) is 0.794. The Labute approximate surface area is 116 Å². The van der Waals surface area contributed by atoms with Crippen LogP contribution in [0.15, 0.2) is 24.3 Å². The number of amides is 1. The van der Waals surface area contributed by atoms with Crippen molar-refractivity contribution < 1.29 is 14.5 Å². The monoisotopic (exact) mass is 279 g/mol. The third-order valence-corrected chi connectivity index (χ3v) is 3.23. The second-order valence-corrected chi connectivity index (χ2v) is 4.65. The molecule has 7 nitrogen and oxygen atoms in total. The van der Waals surface area contributed by atoms with Crippen LogP contribution in [0.1, 0.15) is 6.92 Å². The summed E-state index contributed by atoms with van der Waals surface area (Å²) in [5.41, 5.74) is -0.131. The lowest BCUT2D eigenvalue weighted by molar-refractivity contribution is -0.385. The molecule has 108 valence electrons. The molecule has 1 aliphatic rings. The van der Waals surface area contributed by atoms with Crippen molar-refractivity contribution in [1.29, 1.82) is 0 Å². The van der Waals surface area contributed by atoms with Gasteiger partial charge in [-0.2, -0.15) is 0 Å². The number of piperazine rings is 1. The number of nitro benzene ring substituents is 1. The molecule has 0 spiro atoms. The molecule has 1 aromatic rings. The molecule has 1 heterocycles. The molecule has 1 aromatic carbocycles. The van der Waals surface area contributed by atoms with Crippen LogP contribution >= 0.6 is 0 Å². The van der Waals surface area contributed by atoms with E-state index in [1.54, 1.807) is 17.0 Å². The van der Waals surface area contributed by atoms with E-state index >= 15 is 0 Å². The number of carbonyl (C=O) groups is 1. The van der Waals surface area contributed by atoms with Gasteiger partial charge in [0.25, 0.3) is 5.91 Å². The van der Waals surface area contributed by atoms with Gasteiger partial charge >= 0.3 is 5.69 Å². The fourth-order valence-corrected chi connectivity index (χ4v) is 2.16. The first kappa shape index (κ1) is 14.3. The molecule has 1 N–H and O–H groups in total. The van der Waals surface area contributed by atoms with E-state index in [9.17, 15) is 14.9 Å². The number of rotatable bonds is 4. The van der Waals surface area contributed by atoms with E-state index in [1.807, 2.05) is 6.92 Å². The van der Waals surface area contributed by atoms with E-state index in [-0.39, 0.29) is 30.0 Å². The zero-order chi connectivity index (χ0) is 14.5. The molecule has 1 saturated heterocycles. The molecular weight excluding hydrogens is 262 g/mol. The quantitative estimate of drug-likeness (QED) is 0.650. The smallest absolute Gasteiger partial charge is 0.310 e. The van der Waals surface area contributed by atoms with Gasteiger partial charge in [-0.1, -0.05) is 12.1 Å². The van der Waals surface area contributed by atoms with Crippen molar-refractivity contribution in [2.75, 3.05) is 26.2 Å². The largest absolute Gasteiger partial charge is 0.477 e. The summed E-state index contributed by atoms with van der Waals surface area (Å²) in [6.45, 7) is 3.89. The summed E-state index contributed by atoms with van der Waals surface area (Å²) in [5.74, 6) is -0.0363. The molecule has 0 bridgehead atoms. The molecular formula is C13H17N3O4. The van der Waals surface area contributed by atoms with Crippen LogP contribution in [0, 0.1) is 10.1 Å². The van der Waals surface area contributed by atoms with Gasteiger partial charge in [-0.15, -0.1) is 0 Å². The van der Waals surface area contributed by atoms with E-state index in [1.165, 1.54) is 12.1 Å². The molecule has 0 aliphatic carbocycles. The Kier molecular flexibility index (Phi) is 4.52. The summed E-state index contributed by atoms with van der Waals surface area (Å²) in [5, 5.41) is 14.0. The highest BCUT2D eigenvalue weighted by atomic mass is 16.6. The Bertz CT molecular complexity index is 506. The molecule has 1 amide bonds. The standard InChI is InChI=1S/C13H17N3O4/c1-10-8-14-6-7-15(10)13(17)9-20-12-5-3-2-4-11(12)16(18)19/h2-5,10,14H,6-9H2,1H3/t10-/m1/s1. The number of para-hydroxylation sites is 2. The normalized spacial score (nSPS) is 18.6. The third kappa shape index (κ3) is 3.24. The van der Waals surface area contributed by atoms with Gasteiger partial charge in [-0.05, 0) is 13.0 Å². The fraction of sp³-hybridized carbons (Fsp3) is 0.462. The number of benzene rings is 1. The van der Waals surface area contributed by atoms with E-state index in [4.69, 9.17) is 4.74 Å². The van der Waals surface area contributed by atoms with Crippen molar-refractivity contribution in [3.05, 3.63) is 34.4 Å². The maximum atomic E-state index is 12.1. The van der Waals surface area contributed by atoms with Crippen molar-refractivity contribution in [2.24, 2.45) is 0 Å². The minimum atomic E-state index is -0.521. The van der Waals surface area contributed by atoms with Crippen molar-refractivity contribution in [1.82, 2.24) is 10.2 Å². The Balaban J connectivity index is 1.98. The first-order valence-corrected chi connectivity index (χ1v) is 6.46.